The van der Waals surface area contributed by atoms with Crippen molar-refractivity contribution in [1.82, 2.24) is 10.6 Å². The SMILES string of the molecule is CC(C)(C)OC=O.c1ccc(N2CCNCC2)c(C2CCNCC2)c1. The molecule has 2 saturated heterocycles. The van der Waals surface area contributed by atoms with Gasteiger partial charge in [0.2, 0.25) is 0 Å². The number of rotatable bonds is 3. The third-order valence-electron chi connectivity index (χ3n) is 4.58. The maximum Gasteiger partial charge on any atom is 0.293 e. The van der Waals surface area contributed by atoms with Crippen molar-refractivity contribution in [2.45, 2.75) is 45.1 Å². The van der Waals surface area contributed by atoms with Gasteiger partial charge in [0.05, 0.1) is 0 Å². The Morgan fingerprint density at radius 2 is 1.64 bits per heavy atom. The number of piperazine rings is 1. The average Bonchev–Trinajstić information content (AvgIpc) is 2.63. The predicted octanol–water partition coefficient (Wildman–Crippen LogP) is 2.52. The van der Waals surface area contributed by atoms with E-state index in [2.05, 4.69) is 44.5 Å². The van der Waals surface area contributed by atoms with Gasteiger partial charge in [0.1, 0.15) is 5.60 Å². The molecule has 0 saturated carbocycles. The number of hydrogen-bond acceptors (Lipinski definition) is 5. The summed E-state index contributed by atoms with van der Waals surface area (Å²) < 4.78 is 4.55. The molecule has 1 aromatic rings. The molecule has 0 aliphatic carbocycles. The van der Waals surface area contributed by atoms with Gasteiger partial charge in [-0.3, -0.25) is 4.79 Å². The Bertz CT molecular complexity index is 479. The number of nitrogens with zero attached hydrogens (tertiary/aromatic N) is 1. The van der Waals surface area contributed by atoms with Crippen molar-refractivity contribution < 1.29 is 9.53 Å². The Kier molecular flexibility index (Phi) is 7.72. The van der Waals surface area contributed by atoms with Crippen molar-refractivity contribution in [1.29, 1.82) is 0 Å². The van der Waals surface area contributed by atoms with E-state index in [1.54, 1.807) is 5.56 Å². The van der Waals surface area contributed by atoms with Gasteiger partial charge in [-0.2, -0.15) is 0 Å². The number of hydrogen-bond donors (Lipinski definition) is 2. The topological polar surface area (TPSA) is 53.6 Å². The third kappa shape index (κ3) is 6.67. The van der Waals surface area contributed by atoms with Crippen LogP contribution >= 0.6 is 0 Å². The van der Waals surface area contributed by atoms with Crippen LogP contribution in [0.3, 0.4) is 0 Å². The van der Waals surface area contributed by atoms with Crippen LogP contribution in [0.2, 0.25) is 0 Å². The zero-order valence-electron chi connectivity index (χ0n) is 15.9. The molecule has 140 valence electrons. The standard InChI is InChI=1S/C15H23N3.C5H10O2/c1-2-4-15(18-11-9-17-10-12-18)14(3-1)13-5-7-16-8-6-13;1-5(2,3)7-4-6/h1-4,13,16-17H,5-12H2;4H,1-3H3. The van der Waals surface area contributed by atoms with Crippen molar-refractivity contribution in [2.75, 3.05) is 44.2 Å². The van der Waals surface area contributed by atoms with Crippen molar-refractivity contribution in [2.24, 2.45) is 0 Å². The number of ether oxygens (including phenoxy) is 1. The van der Waals surface area contributed by atoms with Crippen LogP contribution in [0.1, 0.15) is 45.1 Å². The minimum atomic E-state index is -0.318. The van der Waals surface area contributed by atoms with Crippen LogP contribution in [0.5, 0.6) is 0 Å². The first-order chi connectivity index (χ1) is 12.0. The fraction of sp³-hybridized carbons (Fsp3) is 0.650. The highest BCUT2D eigenvalue weighted by Gasteiger charge is 2.21. The molecule has 2 fully saturated rings. The van der Waals surface area contributed by atoms with Gasteiger partial charge in [-0.1, -0.05) is 18.2 Å². The van der Waals surface area contributed by atoms with Gasteiger partial charge in [0.15, 0.2) is 0 Å². The van der Waals surface area contributed by atoms with E-state index in [0.29, 0.717) is 6.47 Å². The summed E-state index contributed by atoms with van der Waals surface area (Å²) in [6.07, 6.45) is 2.56. The molecular formula is C20H33N3O2. The van der Waals surface area contributed by atoms with Crippen LogP contribution in [-0.4, -0.2) is 51.3 Å². The van der Waals surface area contributed by atoms with Gasteiger partial charge in [0.25, 0.3) is 6.47 Å². The highest BCUT2D eigenvalue weighted by Crippen LogP contribution is 2.33. The van der Waals surface area contributed by atoms with Crippen LogP contribution in [0.4, 0.5) is 5.69 Å². The third-order valence-corrected chi connectivity index (χ3v) is 4.58. The van der Waals surface area contributed by atoms with E-state index in [0.717, 1.165) is 32.1 Å². The van der Waals surface area contributed by atoms with E-state index in [9.17, 15) is 4.79 Å². The number of para-hydroxylation sites is 1. The van der Waals surface area contributed by atoms with Crippen molar-refractivity contribution >= 4 is 12.2 Å². The average molecular weight is 348 g/mol. The molecule has 0 atom stereocenters. The monoisotopic (exact) mass is 347 g/mol. The molecule has 2 aliphatic heterocycles. The van der Waals surface area contributed by atoms with Gasteiger partial charge in [-0.05, 0) is 64.3 Å². The van der Waals surface area contributed by atoms with Gasteiger partial charge in [0, 0.05) is 31.9 Å². The van der Waals surface area contributed by atoms with E-state index in [-0.39, 0.29) is 5.60 Å². The Hall–Kier alpha value is -1.59. The first-order valence-corrected chi connectivity index (χ1v) is 9.38. The Balaban J connectivity index is 0.000000277. The summed E-state index contributed by atoms with van der Waals surface area (Å²) in [6, 6.07) is 9.03. The van der Waals surface area contributed by atoms with E-state index in [4.69, 9.17) is 0 Å². The molecule has 0 bridgehead atoms. The van der Waals surface area contributed by atoms with E-state index in [1.165, 1.54) is 31.6 Å². The molecule has 0 unspecified atom stereocenters. The summed E-state index contributed by atoms with van der Waals surface area (Å²) in [5.74, 6) is 0.748. The second-order valence-electron chi connectivity index (χ2n) is 7.65. The van der Waals surface area contributed by atoms with Crippen LogP contribution in [0.25, 0.3) is 0 Å². The van der Waals surface area contributed by atoms with Crippen molar-refractivity contribution in [3.8, 4) is 0 Å². The second kappa shape index (κ2) is 9.78. The highest BCUT2D eigenvalue weighted by molar-refractivity contribution is 5.55. The molecule has 0 spiro atoms. The molecule has 0 radical (unpaired) electrons. The molecule has 0 amide bonds. The maximum atomic E-state index is 9.60. The Morgan fingerprint density at radius 3 is 2.20 bits per heavy atom. The fourth-order valence-electron chi connectivity index (χ4n) is 3.30. The minimum Gasteiger partial charge on any atom is -0.462 e. The van der Waals surface area contributed by atoms with Crippen LogP contribution < -0.4 is 15.5 Å². The predicted molar refractivity (Wildman–Crippen MR) is 103 cm³/mol. The molecule has 5 heteroatoms. The Morgan fingerprint density at radius 1 is 1.04 bits per heavy atom. The summed E-state index contributed by atoms with van der Waals surface area (Å²) in [7, 11) is 0. The smallest absolute Gasteiger partial charge is 0.293 e. The molecule has 2 heterocycles. The lowest BCUT2D eigenvalue weighted by Gasteiger charge is -2.34. The Labute approximate surface area is 152 Å². The van der Waals surface area contributed by atoms with Crippen molar-refractivity contribution in [3.63, 3.8) is 0 Å². The first-order valence-electron chi connectivity index (χ1n) is 9.38. The molecular weight excluding hydrogens is 314 g/mol. The van der Waals surface area contributed by atoms with Crippen LogP contribution in [0.15, 0.2) is 24.3 Å². The molecule has 25 heavy (non-hydrogen) atoms. The maximum absolute atomic E-state index is 9.60. The fourth-order valence-corrected chi connectivity index (χ4v) is 3.30. The second-order valence-corrected chi connectivity index (χ2v) is 7.65. The molecule has 0 aromatic heterocycles. The van der Waals surface area contributed by atoms with E-state index < -0.39 is 0 Å². The van der Waals surface area contributed by atoms with Crippen molar-refractivity contribution in [3.05, 3.63) is 29.8 Å². The number of nitrogens with one attached hydrogen (secondary N) is 2. The lowest BCUT2D eigenvalue weighted by molar-refractivity contribution is -0.138. The quantitative estimate of drug-likeness (QED) is 0.823. The van der Waals surface area contributed by atoms with E-state index >= 15 is 0 Å². The van der Waals surface area contributed by atoms with Gasteiger partial charge < -0.3 is 20.3 Å². The zero-order chi connectivity index (χ0) is 18.1. The summed E-state index contributed by atoms with van der Waals surface area (Å²) in [5, 5.41) is 6.89. The molecule has 2 N–H and O–H groups in total. The zero-order valence-corrected chi connectivity index (χ0v) is 15.9. The molecule has 2 aliphatic rings. The number of benzene rings is 1. The normalized spacial score (nSPS) is 18.9. The highest BCUT2D eigenvalue weighted by atomic mass is 16.5. The largest absolute Gasteiger partial charge is 0.462 e. The van der Waals surface area contributed by atoms with Gasteiger partial charge in [-0.25, -0.2) is 0 Å². The first kappa shape index (κ1) is 19.7. The van der Waals surface area contributed by atoms with Gasteiger partial charge in [-0.15, -0.1) is 0 Å². The van der Waals surface area contributed by atoms with Crippen LogP contribution in [-0.2, 0) is 9.53 Å². The van der Waals surface area contributed by atoms with E-state index in [1.807, 2.05) is 20.8 Å². The van der Waals surface area contributed by atoms with Crippen LogP contribution in [0, 0.1) is 0 Å². The molecule has 5 nitrogen and oxygen atoms in total. The summed E-state index contributed by atoms with van der Waals surface area (Å²) in [5.41, 5.74) is 2.73. The number of carbonyl (C=O) groups excluding carboxylic acids is 1. The number of anilines is 1. The summed E-state index contributed by atoms with van der Waals surface area (Å²) in [6.45, 7) is 12.8. The number of piperidine rings is 1. The lowest BCUT2D eigenvalue weighted by Crippen LogP contribution is -2.44. The minimum absolute atomic E-state index is 0.318. The number of carbonyl (C=O) groups is 1. The summed E-state index contributed by atoms with van der Waals surface area (Å²) in [4.78, 5) is 12.1. The molecule has 1 aromatic carbocycles. The van der Waals surface area contributed by atoms with Gasteiger partial charge >= 0.3 is 0 Å². The molecule has 3 rings (SSSR count). The summed E-state index contributed by atoms with van der Waals surface area (Å²) >= 11 is 0. The lowest BCUT2D eigenvalue weighted by atomic mass is 9.88.